The SMILES string of the molecule is CCCC1COC(C2CCC(CCC=C(F)F)CC2)OC1. The van der Waals surface area contributed by atoms with E-state index in [0.717, 1.165) is 51.4 Å². The van der Waals surface area contributed by atoms with Crippen molar-refractivity contribution in [2.75, 3.05) is 13.2 Å². The van der Waals surface area contributed by atoms with E-state index in [-0.39, 0.29) is 6.29 Å². The number of hydrogen-bond acceptors (Lipinski definition) is 2. The summed E-state index contributed by atoms with van der Waals surface area (Å²) >= 11 is 0. The molecule has 2 fully saturated rings. The molecular formula is C17H28F2O2. The van der Waals surface area contributed by atoms with Gasteiger partial charge in [-0.2, -0.15) is 8.78 Å². The zero-order valence-corrected chi connectivity index (χ0v) is 13.0. The van der Waals surface area contributed by atoms with Gasteiger partial charge in [-0.1, -0.05) is 13.3 Å². The van der Waals surface area contributed by atoms with Gasteiger partial charge in [-0.15, -0.1) is 0 Å². The normalized spacial score (nSPS) is 33.7. The van der Waals surface area contributed by atoms with Crippen LogP contribution in [0.5, 0.6) is 0 Å². The summed E-state index contributed by atoms with van der Waals surface area (Å²) in [5.41, 5.74) is 0. The Morgan fingerprint density at radius 1 is 1.00 bits per heavy atom. The van der Waals surface area contributed by atoms with E-state index in [1.807, 2.05) is 0 Å². The molecule has 4 heteroatoms. The second-order valence-corrected chi connectivity index (χ2v) is 6.54. The van der Waals surface area contributed by atoms with Gasteiger partial charge in [0, 0.05) is 11.8 Å². The van der Waals surface area contributed by atoms with E-state index in [0.29, 0.717) is 24.2 Å². The third-order valence-electron chi connectivity index (χ3n) is 4.84. The molecule has 2 aliphatic rings. The second-order valence-electron chi connectivity index (χ2n) is 6.54. The monoisotopic (exact) mass is 302 g/mol. The van der Waals surface area contributed by atoms with Gasteiger partial charge in [0.2, 0.25) is 0 Å². The molecule has 2 rings (SSSR count). The van der Waals surface area contributed by atoms with Crippen LogP contribution in [0.4, 0.5) is 8.78 Å². The van der Waals surface area contributed by atoms with Gasteiger partial charge in [0.25, 0.3) is 6.08 Å². The second kappa shape index (κ2) is 8.84. The summed E-state index contributed by atoms with van der Waals surface area (Å²) in [7, 11) is 0. The van der Waals surface area contributed by atoms with E-state index in [9.17, 15) is 8.78 Å². The molecule has 0 spiro atoms. The van der Waals surface area contributed by atoms with Crippen molar-refractivity contribution in [3.63, 3.8) is 0 Å². The van der Waals surface area contributed by atoms with Crippen LogP contribution in [0, 0.1) is 17.8 Å². The summed E-state index contributed by atoms with van der Waals surface area (Å²) in [5, 5.41) is 0. The first-order valence-electron chi connectivity index (χ1n) is 8.43. The minimum absolute atomic E-state index is 0.0257. The molecule has 1 saturated heterocycles. The molecule has 0 radical (unpaired) electrons. The van der Waals surface area contributed by atoms with Gasteiger partial charge >= 0.3 is 0 Å². The molecule has 1 aliphatic carbocycles. The average molecular weight is 302 g/mol. The first-order valence-corrected chi connectivity index (χ1v) is 8.43. The van der Waals surface area contributed by atoms with E-state index in [1.165, 1.54) is 12.8 Å². The van der Waals surface area contributed by atoms with Crippen molar-refractivity contribution < 1.29 is 18.3 Å². The van der Waals surface area contributed by atoms with Gasteiger partial charge in [-0.25, -0.2) is 0 Å². The van der Waals surface area contributed by atoms with Crippen LogP contribution in [-0.4, -0.2) is 19.5 Å². The van der Waals surface area contributed by atoms with Crippen molar-refractivity contribution in [1.82, 2.24) is 0 Å². The maximum absolute atomic E-state index is 12.0. The fraction of sp³-hybridized carbons (Fsp3) is 0.882. The van der Waals surface area contributed by atoms with Crippen LogP contribution in [0.3, 0.4) is 0 Å². The smallest absolute Gasteiger partial charge is 0.266 e. The largest absolute Gasteiger partial charge is 0.352 e. The highest BCUT2D eigenvalue weighted by Crippen LogP contribution is 2.36. The van der Waals surface area contributed by atoms with Gasteiger partial charge in [0.05, 0.1) is 13.2 Å². The highest BCUT2D eigenvalue weighted by molar-refractivity contribution is 4.83. The predicted octanol–water partition coefficient (Wildman–Crippen LogP) is 5.14. The number of allylic oxidation sites excluding steroid dienone is 1. The summed E-state index contributed by atoms with van der Waals surface area (Å²) in [5.74, 6) is 1.65. The molecule has 0 aromatic heterocycles. The van der Waals surface area contributed by atoms with Crippen molar-refractivity contribution >= 4 is 0 Å². The first kappa shape index (κ1) is 16.9. The molecule has 0 N–H and O–H groups in total. The highest BCUT2D eigenvalue weighted by atomic mass is 19.3. The van der Waals surface area contributed by atoms with Crippen LogP contribution >= 0.6 is 0 Å². The molecule has 122 valence electrons. The maximum Gasteiger partial charge on any atom is 0.266 e. The topological polar surface area (TPSA) is 18.5 Å². The Morgan fingerprint density at radius 3 is 2.24 bits per heavy atom. The molecule has 0 aromatic rings. The lowest BCUT2D eigenvalue weighted by molar-refractivity contribution is -0.230. The van der Waals surface area contributed by atoms with E-state index in [4.69, 9.17) is 9.47 Å². The summed E-state index contributed by atoms with van der Waals surface area (Å²) < 4.78 is 35.8. The Hall–Kier alpha value is -0.480. The van der Waals surface area contributed by atoms with Gasteiger partial charge in [-0.3, -0.25) is 0 Å². The quantitative estimate of drug-likeness (QED) is 0.676. The highest BCUT2D eigenvalue weighted by Gasteiger charge is 2.32. The van der Waals surface area contributed by atoms with Gasteiger partial charge < -0.3 is 9.47 Å². The third-order valence-corrected chi connectivity index (χ3v) is 4.84. The standard InChI is InChI=1S/C17H28F2O2/c1-2-4-14-11-20-17(21-12-14)15-9-7-13(8-10-15)5-3-6-16(18)19/h6,13-15,17H,2-5,7-12H2,1H3. The Kier molecular flexibility index (Phi) is 7.11. The van der Waals surface area contributed by atoms with Crippen LogP contribution in [0.15, 0.2) is 12.2 Å². The van der Waals surface area contributed by atoms with E-state index in [2.05, 4.69) is 6.92 Å². The van der Waals surface area contributed by atoms with Crippen molar-refractivity contribution in [2.24, 2.45) is 17.8 Å². The zero-order chi connectivity index (χ0) is 15.1. The fourth-order valence-corrected chi connectivity index (χ4v) is 3.58. The summed E-state index contributed by atoms with van der Waals surface area (Å²) in [4.78, 5) is 0. The minimum atomic E-state index is -1.55. The lowest BCUT2D eigenvalue weighted by Crippen LogP contribution is -2.38. The third kappa shape index (κ3) is 5.67. The van der Waals surface area contributed by atoms with Crippen LogP contribution in [0.2, 0.25) is 0 Å². The summed E-state index contributed by atoms with van der Waals surface area (Å²) in [6.45, 7) is 3.86. The number of ether oxygens (including phenoxy) is 2. The minimum Gasteiger partial charge on any atom is -0.352 e. The first-order chi connectivity index (χ1) is 10.2. The Morgan fingerprint density at radius 2 is 1.67 bits per heavy atom. The maximum atomic E-state index is 12.0. The molecule has 0 aromatic carbocycles. The number of halogens is 2. The molecule has 0 bridgehead atoms. The molecule has 0 amide bonds. The van der Waals surface area contributed by atoms with Crippen molar-refractivity contribution in [3.05, 3.63) is 12.2 Å². The van der Waals surface area contributed by atoms with Crippen molar-refractivity contribution in [1.29, 1.82) is 0 Å². The summed E-state index contributed by atoms with van der Waals surface area (Å²) in [6, 6.07) is 0. The van der Waals surface area contributed by atoms with Gasteiger partial charge in [-0.05, 0) is 56.9 Å². The molecule has 21 heavy (non-hydrogen) atoms. The molecule has 2 nitrogen and oxygen atoms in total. The fourth-order valence-electron chi connectivity index (χ4n) is 3.58. The average Bonchev–Trinajstić information content (AvgIpc) is 2.49. The molecule has 0 unspecified atom stereocenters. The zero-order valence-electron chi connectivity index (χ0n) is 13.0. The lowest BCUT2D eigenvalue weighted by atomic mass is 9.79. The number of hydrogen-bond donors (Lipinski definition) is 0. The number of rotatable bonds is 6. The molecule has 1 saturated carbocycles. The summed E-state index contributed by atoms with van der Waals surface area (Å²) in [6.07, 6.45) is 7.68. The molecule has 1 aliphatic heterocycles. The van der Waals surface area contributed by atoms with E-state index < -0.39 is 6.08 Å². The Balaban J connectivity index is 1.64. The van der Waals surface area contributed by atoms with Crippen molar-refractivity contribution in [3.8, 4) is 0 Å². The predicted molar refractivity (Wildman–Crippen MR) is 79.1 cm³/mol. The van der Waals surface area contributed by atoms with Crippen LogP contribution in [-0.2, 0) is 9.47 Å². The van der Waals surface area contributed by atoms with Crippen molar-refractivity contribution in [2.45, 2.75) is 64.6 Å². The molecular weight excluding hydrogens is 274 g/mol. The Bertz CT molecular complexity index is 313. The molecule has 0 atom stereocenters. The van der Waals surface area contributed by atoms with Gasteiger partial charge in [0.15, 0.2) is 6.29 Å². The Labute approximate surface area is 126 Å². The van der Waals surface area contributed by atoms with Crippen LogP contribution < -0.4 is 0 Å². The van der Waals surface area contributed by atoms with E-state index >= 15 is 0 Å². The molecule has 1 heterocycles. The van der Waals surface area contributed by atoms with E-state index in [1.54, 1.807) is 0 Å². The van der Waals surface area contributed by atoms with Gasteiger partial charge in [0.1, 0.15) is 0 Å². The van der Waals surface area contributed by atoms with Crippen LogP contribution in [0.25, 0.3) is 0 Å². The van der Waals surface area contributed by atoms with Crippen LogP contribution in [0.1, 0.15) is 58.3 Å². The lowest BCUT2D eigenvalue weighted by Gasteiger charge is -2.37.